The molecule has 356 valence electrons. The van der Waals surface area contributed by atoms with Gasteiger partial charge in [-0.1, -0.05) is 117 Å². The van der Waals surface area contributed by atoms with Crippen molar-refractivity contribution in [3.8, 4) is 35.2 Å². The first-order chi connectivity index (χ1) is 33.5. The number of hydrogen-bond donors (Lipinski definition) is 4. The number of carbonyl (C=O) groups excluding carboxylic acids is 4. The van der Waals surface area contributed by atoms with Crippen LogP contribution in [0.15, 0.2) is 121 Å². The van der Waals surface area contributed by atoms with Crippen molar-refractivity contribution >= 4 is 46.1 Å². The van der Waals surface area contributed by atoms with Gasteiger partial charge in [-0.15, -0.1) is 12.8 Å². The molecule has 5 aromatic carbocycles. The van der Waals surface area contributed by atoms with Gasteiger partial charge in [0.2, 0.25) is 12.3 Å². The third-order valence-electron chi connectivity index (χ3n) is 13.3. The summed E-state index contributed by atoms with van der Waals surface area (Å²) in [4.78, 5) is 73.1. The molecule has 4 amide bonds. The van der Waals surface area contributed by atoms with Crippen molar-refractivity contribution in [3.63, 3.8) is 0 Å². The highest BCUT2D eigenvalue weighted by atomic mass is 16.5. The monoisotopic (exact) mass is 928 g/mol. The van der Waals surface area contributed by atoms with Crippen LogP contribution in [0.25, 0.3) is 44.2 Å². The number of likely N-dealkylation sites (tertiary alicyclic amines) is 1. The van der Waals surface area contributed by atoms with Crippen molar-refractivity contribution in [3.05, 3.63) is 144 Å². The minimum absolute atomic E-state index is 0.0691. The Bertz CT molecular complexity index is 2880. The quantitative estimate of drug-likeness (QED) is 0.0617. The highest BCUT2D eigenvalue weighted by Crippen LogP contribution is 2.50. The molecule has 6 atom stereocenters. The van der Waals surface area contributed by atoms with Crippen LogP contribution in [0.5, 0.6) is 0 Å². The van der Waals surface area contributed by atoms with Crippen LogP contribution in [0.2, 0.25) is 0 Å². The van der Waals surface area contributed by atoms with Gasteiger partial charge in [0.25, 0.3) is 5.91 Å². The number of methoxy groups -OCH3 is 2. The molecular weight excluding hydrogens is 869 g/mol. The molecule has 0 spiro atoms. The number of aromatic amines is 2. The molecule has 69 heavy (non-hydrogen) atoms. The summed E-state index contributed by atoms with van der Waals surface area (Å²) in [6.07, 6.45) is 12.6. The average Bonchev–Trinajstić information content (AvgIpc) is 4.22. The normalized spacial score (nSPS) is 17.2. The van der Waals surface area contributed by atoms with E-state index in [2.05, 4.69) is 101 Å². The van der Waals surface area contributed by atoms with Gasteiger partial charge in [0.05, 0.1) is 42.6 Å². The van der Waals surface area contributed by atoms with E-state index in [1.165, 1.54) is 7.11 Å². The maximum atomic E-state index is 14.3. The first kappa shape index (κ1) is 49.2. The number of alkyl carbamates (subject to hydrolysis) is 1. The third kappa shape index (κ3) is 10.5. The minimum Gasteiger partial charge on any atom is -0.453 e. The molecule has 7 aromatic rings. The second kappa shape index (κ2) is 22.4. The van der Waals surface area contributed by atoms with E-state index >= 15 is 0 Å². The van der Waals surface area contributed by atoms with Gasteiger partial charge < -0.3 is 39.9 Å². The summed E-state index contributed by atoms with van der Waals surface area (Å²) >= 11 is 0. The smallest absolute Gasteiger partial charge is 0.407 e. The lowest BCUT2D eigenvalue weighted by atomic mass is 9.96. The molecule has 1 aliphatic heterocycles. The zero-order valence-corrected chi connectivity index (χ0v) is 39.9. The van der Waals surface area contributed by atoms with E-state index in [1.54, 1.807) is 19.1 Å². The van der Waals surface area contributed by atoms with Gasteiger partial charge >= 0.3 is 6.09 Å². The Labute approximate surface area is 403 Å². The van der Waals surface area contributed by atoms with E-state index in [0.29, 0.717) is 17.8 Å². The number of benzene rings is 5. The van der Waals surface area contributed by atoms with Gasteiger partial charge in [-0.25, -0.2) is 14.8 Å². The first-order valence-electron chi connectivity index (χ1n) is 23.1. The Balaban J connectivity index is 0.00000135. The number of carbonyl (C=O) groups is 4. The number of H-pyrrole nitrogens is 2. The Morgan fingerprint density at radius 1 is 0.826 bits per heavy atom. The molecule has 9 rings (SSSR count). The zero-order valence-electron chi connectivity index (χ0n) is 39.9. The van der Waals surface area contributed by atoms with Crippen molar-refractivity contribution < 1.29 is 28.7 Å². The second-order valence-electron chi connectivity index (χ2n) is 17.7. The third-order valence-corrected chi connectivity index (χ3v) is 13.3. The van der Waals surface area contributed by atoms with Crippen LogP contribution in [0.1, 0.15) is 80.9 Å². The Hall–Kier alpha value is -7.76. The molecule has 4 N–H and O–H groups in total. The summed E-state index contributed by atoms with van der Waals surface area (Å²) in [5, 5.41) is 7.55. The van der Waals surface area contributed by atoms with E-state index in [1.807, 2.05) is 84.8 Å². The number of terminal acetylenes is 1. The molecule has 2 aromatic heterocycles. The molecule has 1 aliphatic carbocycles. The fraction of sp³-hybridized carbons (Fsp3) is 0.309. The molecule has 2 fully saturated rings. The number of aromatic nitrogens is 4. The number of imidazole rings is 2. The fourth-order valence-electron chi connectivity index (χ4n) is 9.63. The highest BCUT2D eigenvalue weighted by molar-refractivity contribution is 6.05. The molecule has 1 unspecified atom stereocenters. The van der Waals surface area contributed by atoms with Crippen LogP contribution in [0.3, 0.4) is 0 Å². The summed E-state index contributed by atoms with van der Waals surface area (Å²) in [6, 6.07) is 35.4. The van der Waals surface area contributed by atoms with E-state index in [4.69, 9.17) is 14.7 Å². The maximum Gasteiger partial charge on any atom is 0.407 e. The molecule has 1 saturated carbocycles. The molecule has 0 radical (unpaired) electrons. The summed E-state index contributed by atoms with van der Waals surface area (Å²) in [5.41, 5.74) is 7.06. The van der Waals surface area contributed by atoms with Crippen molar-refractivity contribution in [2.45, 2.75) is 76.8 Å². The van der Waals surface area contributed by atoms with Crippen LogP contribution in [-0.2, 0) is 30.4 Å². The van der Waals surface area contributed by atoms with Gasteiger partial charge in [0, 0.05) is 31.7 Å². The van der Waals surface area contributed by atoms with Crippen molar-refractivity contribution in [2.24, 2.45) is 11.8 Å². The van der Waals surface area contributed by atoms with Gasteiger partial charge in [0.1, 0.15) is 23.7 Å². The van der Waals surface area contributed by atoms with Gasteiger partial charge in [-0.3, -0.25) is 14.4 Å². The Kier molecular flexibility index (Phi) is 15.9. The lowest BCUT2D eigenvalue weighted by Gasteiger charge is -2.36. The first-order valence-corrected chi connectivity index (χ1v) is 23.1. The van der Waals surface area contributed by atoms with Crippen LogP contribution in [0.4, 0.5) is 4.79 Å². The molecule has 2 bridgehead atoms. The van der Waals surface area contributed by atoms with E-state index < -0.39 is 18.2 Å². The van der Waals surface area contributed by atoms with Gasteiger partial charge in [-0.2, -0.15) is 0 Å². The number of hydrogen-bond acceptors (Lipinski definition) is 8. The maximum absolute atomic E-state index is 14.3. The predicted molar refractivity (Wildman–Crippen MR) is 268 cm³/mol. The molecular formula is C55H60N8O6. The predicted octanol–water partition coefficient (Wildman–Crippen LogP) is 9.29. The van der Waals surface area contributed by atoms with Crippen LogP contribution < -0.4 is 10.6 Å². The summed E-state index contributed by atoms with van der Waals surface area (Å²) in [6.45, 7) is 6.44. The molecule has 14 nitrogen and oxygen atoms in total. The SMILES string of the molecule is C#C.COC.COC(=O)N[C@@H](C(=O)N1[C@@H]2CC[C@@H](C2)[C@H]1c1ncc(-c2ccc(-c3ccc4c(ccc5[nH]c(CN(C(=O)C(NC=O)c6ccccc6)[C@H](C)C(C)C)nc54)c3)cc2)[nH]1)c1ccccc1. The standard InChI is InChI=1S/C51H52N8O5.C2H6O.C2H2/c1-30(2)31(3)58(49(61)44(53-29-60)34-11-7-5-8-12-34)28-43-54-41-24-21-37-25-36(20-23-40(37)46(41)56-43)32-15-17-33(18-16-32)42-27-52-48(55-42)47-38-19-22-39(26-38)59(47)50(62)45(57-51(63)64-4)35-13-9-6-10-14-35;1-3-2;1-2/h5-18,20-21,23-25,27,29-31,38-39,44-45,47H,19,22,26,28H2,1-4H3,(H,52,55)(H,53,60)(H,54,56)(H,57,63);1-2H3;1-2H/t31-,38+,39-,44?,45-,47+;;/m1../s1. The molecule has 1 saturated heterocycles. The lowest BCUT2D eigenvalue weighted by molar-refractivity contribution is -0.139. The van der Waals surface area contributed by atoms with Crippen molar-refractivity contribution in [2.75, 3.05) is 21.3 Å². The molecule has 2 aliphatic rings. The van der Waals surface area contributed by atoms with Crippen molar-refractivity contribution in [1.82, 2.24) is 40.4 Å². The number of nitrogens with one attached hydrogen (secondary N) is 4. The number of nitrogens with zero attached hydrogens (tertiary/aromatic N) is 4. The Morgan fingerprint density at radius 3 is 2.10 bits per heavy atom. The summed E-state index contributed by atoms with van der Waals surface area (Å²) in [7, 11) is 4.55. The molecule has 14 heteroatoms. The average molecular weight is 929 g/mol. The van der Waals surface area contributed by atoms with E-state index in [-0.39, 0.29) is 48.3 Å². The zero-order chi connectivity index (χ0) is 49.2. The number of fused-ring (bicyclic) bond motifs is 5. The number of ether oxygens (including phenoxy) is 2. The van der Waals surface area contributed by atoms with Crippen LogP contribution in [-0.4, -0.2) is 87.5 Å². The minimum atomic E-state index is -0.880. The second-order valence-corrected chi connectivity index (χ2v) is 17.7. The van der Waals surface area contributed by atoms with Crippen LogP contribution >= 0.6 is 0 Å². The van der Waals surface area contributed by atoms with Gasteiger partial charge in [-0.05, 0) is 83.4 Å². The highest BCUT2D eigenvalue weighted by Gasteiger charge is 2.51. The fourth-order valence-corrected chi connectivity index (χ4v) is 9.63. The lowest BCUT2D eigenvalue weighted by Crippen LogP contribution is -2.47. The van der Waals surface area contributed by atoms with Crippen molar-refractivity contribution in [1.29, 1.82) is 0 Å². The number of amides is 4. The number of rotatable bonds is 14. The largest absolute Gasteiger partial charge is 0.453 e. The number of piperidine rings is 1. The topological polar surface area (TPSA) is 175 Å². The van der Waals surface area contributed by atoms with E-state index in [0.717, 1.165) is 74.8 Å². The summed E-state index contributed by atoms with van der Waals surface area (Å²) < 4.78 is 9.15. The Morgan fingerprint density at radius 2 is 1.46 bits per heavy atom. The summed E-state index contributed by atoms with van der Waals surface area (Å²) in [5.74, 6) is 1.47. The van der Waals surface area contributed by atoms with E-state index in [9.17, 15) is 19.2 Å². The van der Waals surface area contributed by atoms with Gasteiger partial charge in [0.15, 0.2) is 0 Å². The molecule has 3 heterocycles. The van der Waals surface area contributed by atoms with Crippen LogP contribution in [0, 0.1) is 24.7 Å².